The zero-order valence-corrected chi connectivity index (χ0v) is 39.2. The first-order valence-electron chi connectivity index (χ1n) is 23.6. The molecule has 0 atom stereocenters. The van der Waals surface area contributed by atoms with Crippen molar-refractivity contribution >= 4 is 43.6 Å². The van der Waals surface area contributed by atoms with Crippen LogP contribution in [0.25, 0.3) is 111 Å². The summed E-state index contributed by atoms with van der Waals surface area (Å²) in [7, 11) is 0. The molecule has 12 rings (SSSR count). The smallest absolute Gasteiger partial charge is 0.133 e. The van der Waals surface area contributed by atoms with Crippen LogP contribution in [0.4, 0.5) is 8.78 Å². The molecule has 0 saturated heterocycles. The minimum Gasteiger partial charge on any atom is -0.308 e. The highest BCUT2D eigenvalue weighted by Gasteiger charge is 2.25. The second-order valence-corrected chi connectivity index (χ2v) is 18.7. The van der Waals surface area contributed by atoms with Crippen LogP contribution in [0.3, 0.4) is 0 Å². The SMILES string of the molecule is Cc1cccc(-c2ccc3c(c2)c2ccc(-c4cccc(C)c4)cc2n3-c2cc(-c3c(F)cccc3F)cc(-n3c4ccc(-c5cccc(C)c5)cc4c4ccc(-c5cccc(C)c5)cc43)c2C#N)c1. The Balaban J connectivity index is 1.22. The average molecular weight is 906 g/mol. The van der Waals surface area contributed by atoms with E-state index in [0.717, 1.165) is 110 Å². The van der Waals surface area contributed by atoms with Crippen LogP contribution in [0.5, 0.6) is 0 Å². The van der Waals surface area contributed by atoms with Crippen molar-refractivity contribution in [2.24, 2.45) is 0 Å². The third-order valence-electron chi connectivity index (χ3n) is 13.9. The molecule has 70 heavy (non-hydrogen) atoms. The van der Waals surface area contributed by atoms with E-state index in [-0.39, 0.29) is 5.56 Å². The maximum atomic E-state index is 16.4. The van der Waals surface area contributed by atoms with Crippen LogP contribution >= 0.6 is 0 Å². The lowest BCUT2D eigenvalue weighted by molar-refractivity contribution is 0.589. The molecule has 0 aliphatic carbocycles. The van der Waals surface area contributed by atoms with Crippen molar-refractivity contribution in [1.82, 2.24) is 9.13 Å². The van der Waals surface area contributed by atoms with Gasteiger partial charge in [0.2, 0.25) is 0 Å². The lowest BCUT2D eigenvalue weighted by Crippen LogP contribution is -2.06. The van der Waals surface area contributed by atoms with Gasteiger partial charge >= 0.3 is 0 Å². The van der Waals surface area contributed by atoms with Gasteiger partial charge in [0.15, 0.2) is 0 Å². The topological polar surface area (TPSA) is 33.6 Å². The number of fused-ring (bicyclic) bond motifs is 6. The quantitative estimate of drug-likeness (QED) is 0.157. The van der Waals surface area contributed by atoms with Crippen LogP contribution in [-0.4, -0.2) is 9.13 Å². The maximum Gasteiger partial charge on any atom is 0.133 e. The fourth-order valence-corrected chi connectivity index (χ4v) is 10.6. The molecule has 0 N–H and O–H groups in total. The average Bonchev–Trinajstić information content (AvgIpc) is 3.87. The standard InChI is InChI=1S/C65H45F2N3/c1-39-10-5-14-43(28-39)47-22-26-59-54(32-47)52-24-20-49(45-16-7-12-41(3)30-45)34-61(52)69(59)63-36-51(65-57(66)18-9-19-58(65)67)37-64(56(63)38-68)70-60-27-23-48(44-15-6-11-40(2)29-44)33-55(60)53-25-21-50(35-62(53)70)46-17-8-13-42(4)31-46/h5-37H,1-4H3. The first kappa shape index (κ1) is 42.5. The Morgan fingerprint density at radius 1 is 0.329 bits per heavy atom. The molecule has 334 valence electrons. The van der Waals surface area contributed by atoms with Crippen LogP contribution < -0.4 is 0 Å². The first-order valence-corrected chi connectivity index (χ1v) is 23.6. The summed E-state index contributed by atoms with van der Waals surface area (Å²) < 4.78 is 37.0. The number of benzene rings is 10. The third kappa shape index (κ3) is 7.16. The molecule has 2 aromatic heterocycles. The number of aryl methyl sites for hydroxylation is 4. The third-order valence-corrected chi connectivity index (χ3v) is 13.9. The Bertz CT molecular complexity index is 3910. The van der Waals surface area contributed by atoms with Crippen LogP contribution in [0.2, 0.25) is 0 Å². The van der Waals surface area contributed by atoms with Gasteiger partial charge in [-0.15, -0.1) is 0 Å². The molecule has 3 nitrogen and oxygen atoms in total. The molecule has 0 spiro atoms. The molecule has 2 heterocycles. The molecule has 0 amide bonds. The number of halogens is 2. The van der Waals surface area contributed by atoms with Gasteiger partial charge in [-0.3, -0.25) is 0 Å². The van der Waals surface area contributed by atoms with E-state index < -0.39 is 11.6 Å². The summed E-state index contributed by atoms with van der Waals surface area (Å²) in [6.07, 6.45) is 0. The minimum atomic E-state index is -0.694. The van der Waals surface area contributed by atoms with Crippen LogP contribution in [0, 0.1) is 50.7 Å². The van der Waals surface area contributed by atoms with E-state index in [1.807, 2.05) is 0 Å². The molecule has 12 aromatic rings. The van der Waals surface area contributed by atoms with Gasteiger partial charge < -0.3 is 9.13 Å². The van der Waals surface area contributed by atoms with Crippen molar-refractivity contribution in [2.75, 3.05) is 0 Å². The molecule has 0 saturated carbocycles. The Morgan fingerprint density at radius 3 is 1.04 bits per heavy atom. The molecule has 0 aliphatic heterocycles. The molecule has 0 aliphatic rings. The van der Waals surface area contributed by atoms with E-state index in [1.54, 1.807) is 12.1 Å². The van der Waals surface area contributed by atoms with E-state index in [9.17, 15) is 5.26 Å². The highest BCUT2D eigenvalue weighted by Crippen LogP contribution is 2.44. The molecule has 0 unspecified atom stereocenters. The molecule has 0 fully saturated rings. The fourth-order valence-electron chi connectivity index (χ4n) is 10.6. The van der Waals surface area contributed by atoms with Crippen LogP contribution in [-0.2, 0) is 0 Å². The first-order chi connectivity index (χ1) is 34.1. The number of aromatic nitrogens is 2. The Labute approximate surface area is 405 Å². The van der Waals surface area contributed by atoms with Gasteiger partial charge in [0.05, 0.1) is 39.0 Å². The Hall–Kier alpha value is -8.85. The summed E-state index contributed by atoms with van der Waals surface area (Å²) in [5.74, 6) is -1.39. The van der Waals surface area contributed by atoms with Gasteiger partial charge in [0.1, 0.15) is 23.3 Å². The predicted octanol–water partition coefficient (Wildman–Crippen LogP) is 17.6. The van der Waals surface area contributed by atoms with Crippen molar-refractivity contribution in [3.63, 3.8) is 0 Å². The second-order valence-electron chi connectivity index (χ2n) is 18.7. The lowest BCUT2D eigenvalue weighted by Gasteiger charge is -2.19. The van der Waals surface area contributed by atoms with E-state index in [2.05, 4.69) is 213 Å². The summed E-state index contributed by atoms with van der Waals surface area (Å²) in [6.45, 7) is 8.36. The molecular weight excluding hydrogens is 861 g/mol. The van der Waals surface area contributed by atoms with Crippen molar-refractivity contribution in [1.29, 1.82) is 5.26 Å². The van der Waals surface area contributed by atoms with E-state index >= 15 is 8.78 Å². The summed E-state index contributed by atoms with van der Waals surface area (Å²) >= 11 is 0. The molecule has 0 bridgehead atoms. The summed E-state index contributed by atoms with van der Waals surface area (Å²) in [6, 6.07) is 69.9. The van der Waals surface area contributed by atoms with Gasteiger partial charge in [-0.2, -0.15) is 5.26 Å². The summed E-state index contributed by atoms with van der Waals surface area (Å²) in [4.78, 5) is 0. The highest BCUT2D eigenvalue weighted by molar-refractivity contribution is 6.13. The van der Waals surface area contributed by atoms with E-state index in [0.29, 0.717) is 22.5 Å². The molecule has 5 heteroatoms. The Kier molecular flexibility index (Phi) is 10.2. The lowest BCUT2D eigenvalue weighted by atomic mass is 9.98. The van der Waals surface area contributed by atoms with E-state index in [1.165, 1.54) is 18.2 Å². The Morgan fingerprint density at radius 2 is 0.671 bits per heavy atom. The van der Waals surface area contributed by atoms with Crippen molar-refractivity contribution < 1.29 is 8.78 Å². The number of nitrogens with zero attached hydrogens (tertiary/aromatic N) is 3. The monoisotopic (exact) mass is 905 g/mol. The highest BCUT2D eigenvalue weighted by atomic mass is 19.1. The molecular formula is C65H45F2N3. The number of nitriles is 1. The maximum absolute atomic E-state index is 16.4. The fraction of sp³-hybridized carbons (Fsp3) is 0.0615. The van der Waals surface area contributed by atoms with Gasteiger partial charge in [0, 0.05) is 21.5 Å². The molecule has 10 aromatic carbocycles. The van der Waals surface area contributed by atoms with Crippen molar-refractivity contribution in [3.05, 3.63) is 240 Å². The number of rotatable bonds is 7. The zero-order chi connectivity index (χ0) is 47.8. The van der Waals surface area contributed by atoms with Gasteiger partial charge in [-0.25, -0.2) is 8.78 Å². The minimum absolute atomic E-state index is 0.166. The zero-order valence-electron chi connectivity index (χ0n) is 39.2. The summed E-state index contributed by atoms with van der Waals surface area (Å²) in [5.41, 5.74) is 18.0. The normalized spacial score (nSPS) is 11.6. The van der Waals surface area contributed by atoms with E-state index in [4.69, 9.17) is 0 Å². The summed E-state index contributed by atoms with van der Waals surface area (Å²) in [5, 5.41) is 15.7. The van der Waals surface area contributed by atoms with Gasteiger partial charge in [0.25, 0.3) is 0 Å². The molecule has 0 radical (unpaired) electrons. The van der Waals surface area contributed by atoms with Crippen molar-refractivity contribution in [3.8, 4) is 73.1 Å². The second kappa shape index (κ2) is 16.7. The number of hydrogen-bond donors (Lipinski definition) is 0. The number of hydrogen-bond acceptors (Lipinski definition) is 1. The van der Waals surface area contributed by atoms with Crippen LogP contribution in [0.1, 0.15) is 27.8 Å². The van der Waals surface area contributed by atoms with Gasteiger partial charge in [-0.05, 0) is 138 Å². The van der Waals surface area contributed by atoms with Gasteiger partial charge in [-0.1, -0.05) is 162 Å². The van der Waals surface area contributed by atoms with Crippen molar-refractivity contribution in [2.45, 2.75) is 27.7 Å². The van der Waals surface area contributed by atoms with Crippen LogP contribution in [0.15, 0.2) is 200 Å². The largest absolute Gasteiger partial charge is 0.308 e. The predicted molar refractivity (Wildman–Crippen MR) is 286 cm³/mol.